The highest BCUT2D eigenvalue weighted by atomic mass is 35.5. The van der Waals surface area contributed by atoms with Gasteiger partial charge in [-0.15, -0.1) is 0 Å². The second kappa shape index (κ2) is 7.31. The zero-order chi connectivity index (χ0) is 18.0. The molecule has 1 N–H and O–H groups in total. The van der Waals surface area contributed by atoms with Gasteiger partial charge in [-0.2, -0.15) is 0 Å². The first kappa shape index (κ1) is 17.5. The summed E-state index contributed by atoms with van der Waals surface area (Å²) in [6, 6.07) is 8.81. The van der Waals surface area contributed by atoms with Crippen LogP contribution in [0.4, 0.5) is 0 Å². The fraction of sp³-hybridized carbons (Fsp3) is 0.368. The number of aryl methyl sites for hydroxylation is 2. The van der Waals surface area contributed by atoms with Crippen molar-refractivity contribution in [2.24, 2.45) is 0 Å². The van der Waals surface area contributed by atoms with Gasteiger partial charge in [0, 0.05) is 48.2 Å². The van der Waals surface area contributed by atoms with Gasteiger partial charge in [-0.1, -0.05) is 11.6 Å². The molecular weight excluding hydrogens is 338 g/mol. The number of benzene rings is 1. The van der Waals surface area contributed by atoms with E-state index in [4.69, 9.17) is 11.6 Å². The third-order valence-corrected chi connectivity index (χ3v) is 4.79. The van der Waals surface area contributed by atoms with Crippen molar-refractivity contribution in [1.82, 2.24) is 14.8 Å². The third kappa shape index (κ3) is 3.87. The Bertz CT molecular complexity index is 782. The zero-order valence-electron chi connectivity index (χ0n) is 14.5. The second-order valence-electron chi connectivity index (χ2n) is 6.44. The number of nitrogens with zero attached hydrogens (tertiary/aromatic N) is 2. The monoisotopic (exact) mass is 359 g/mol. The highest BCUT2D eigenvalue weighted by molar-refractivity contribution is 6.30. The summed E-state index contributed by atoms with van der Waals surface area (Å²) in [5.74, 6) is 0.0160. The first-order chi connectivity index (χ1) is 12.0. The summed E-state index contributed by atoms with van der Waals surface area (Å²) in [6.45, 7) is 6.24. The van der Waals surface area contributed by atoms with Crippen LogP contribution in [0.2, 0.25) is 5.02 Å². The maximum atomic E-state index is 12.8. The lowest BCUT2D eigenvalue weighted by Gasteiger charge is -2.22. The van der Waals surface area contributed by atoms with Gasteiger partial charge >= 0.3 is 0 Å². The lowest BCUT2D eigenvalue weighted by Crippen LogP contribution is -2.37. The highest BCUT2D eigenvalue weighted by Crippen LogP contribution is 2.16. The molecule has 2 amide bonds. The number of halogens is 1. The Kier molecular flexibility index (Phi) is 5.13. The van der Waals surface area contributed by atoms with Crippen LogP contribution in [-0.4, -0.2) is 52.8 Å². The lowest BCUT2D eigenvalue weighted by atomic mass is 10.2. The molecule has 132 valence electrons. The molecule has 0 bridgehead atoms. The Hall–Kier alpha value is -2.27. The van der Waals surface area contributed by atoms with E-state index in [1.165, 1.54) is 0 Å². The number of carbonyl (C=O) groups is 2. The molecule has 0 saturated carbocycles. The minimum Gasteiger partial charge on any atom is -0.362 e. The molecule has 0 spiro atoms. The number of carbonyl (C=O) groups excluding carboxylic acids is 2. The zero-order valence-corrected chi connectivity index (χ0v) is 15.3. The average Bonchev–Trinajstić information content (AvgIpc) is 2.80. The maximum Gasteiger partial charge on any atom is 0.255 e. The Morgan fingerprint density at radius 2 is 1.56 bits per heavy atom. The molecule has 2 heterocycles. The van der Waals surface area contributed by atoms with Crippen molar-refractivity contribution in [3.8, 4) is 0 Å². The number of H-pyrrole nitrogens is 1. The standard InChI is InChI=1S/C19H22ClN3O2/c1-13-12-17(14(2)21-13)19(25)23-9-3-8-22(10-11-23)18(24)15-4-6-16(20)7-5-15/h4-7,12,21H,3,8-11H2,1-2H3. The predicted molar refractivity (Wildman–Crippen MR) is 98.1 cm³/mol. The smallest absolute Gasteiger partial charge is 0.255 e. The molecule has 1 fully saturated rings. The SMILES string of the molecule is Cc1cc(C(=O)N2CCCN(C(=O)c3ccc(Cl)cc3)CC2)c(C)[nH]1. The first-order valence-electron chi connectivity index (χ1n) is 8.46. The molecule has 6 heteroatoms. The molecule has 0 atom stereocenters. The number of nitrogens with one attached hydrogen (secondary N) is 1. The van der Waals surface area contributed by atoms with Crippen LogP contribution in [-0.2, 0) is 0 Å². The van der Waals surface area contributed by atoms with Crippen LogP contribution in [0.1, 0.15) is 38.5 Å². The summed E-state index contributed by atoms with van der Waals surface area (Å²) in [4.78, 5) is 32.2. The van der Waals surface area contributed by atoms with E-state index >= 15 is 0 Å². The van der Waals surface area contributed by atoms with Gasteiger partial charge in [0.25, 0.3) is 11.8 Å². The minimum atomic E-state index is -0.0142. The fourth-order valence-electron chi connectivity index (χ4n) is 3.22. The number of hydrogen-bond donors (Lipinski definition) is 1. The maximum absolute atomic E-state index is 12.8. The van der Waals surface area contributed by atoms with Gasteiger partial charge in [0.2, 0.25) is 0 Å². The van der Waals surface area contributed by atoms with Crippen molar-refractivity contribution < 1.29 is 9.59 Å². The number of aromatic nitrogens is 1. The van der Waals surface area contributed by atoms with Crippen LogP contribution in [0, 0.1) is 13.8 Å². The van der Waals surface area contributed by atoms with Crippen LogP contribution in [0.15, 0.2) is 30.3 Å². The van der Waals surface area contributed by atoms with Crippen molar-refractivity contribution in [1.29, 1.82) is 0 Å². The second-order valence-corrected chi connectivity index (χ2v) is 6.87. The molecule has 1 saturated heterocycles. The van der Waals surface area contributed by atoms with Gasteiger partial charge in [0.15, 0.2) is 0 Å². The number of amides is 2. The van der Waals surface area contributed by atoms with Gasteiger partial charge in [-0.25, -0.2) is 0 Å². The summed E-state index contributed by atoms with van der Waals surface area (Å²) >= 11 is 5.88. The van der Waals surface area contributed by atoms with Crippen molar-refractivity contribution in [3.05, 3.63) is 57.9 Å². The normalized spacial score (nSPS) is 15.2. The van der Waals surface area contributed by atoms with E-state index in [1.54, 1.807) is 24.3 Å². The minimum absolute atomic E-state index is 0.0142. The highest BCUT2D eigenvalue weighted by Gasteiger charge is 2.24. The molecule has 1 aromatic carbocycles. The van der Waals surface area contributed by atoms with E-state index in [2.05, 4.69) is 4.98 Å². The Morgan fingerprint density at radius 3 is 2.12 bits per heavy atom. The largest absolute Gasteiger partial charge is 0.362 e. The molecule has 0 radical (unpaired) electrons. The van der Waals surface area contributed by atoms with Crippen molar-refractivity contribution in [2.75, 3.05) is 26.2 Å². The fourth-order valence-corrected chi connectivity index (χ4v) is 3.34. The van der Waals surface area contributed by atoms with E-state index in [1.807, 2.05) is 29.7 Å². The molecule has 3 rings (SSSR count). The summed E-state index contributed by atoms with van der Waals surface area (Å²) in [6.07, 6.45) is 0.771. The molecule has 0 unspecified atom stereocenters. The van der Waals surface area contributed by atoms with Crippen LogP contribution in [0.5, 0.6) is 0 Å². The summed E-state index contributed by atoms with van der Waals surface area (Å²) < 4.78 is 0. The van der Waals surface area contributed by atoms with Crippen molar-refractivity contribution >= 4 is 23.4 Å². The third-order valence-electron chi connectivity index (χ3n) is 4.54. The van der Waals surface area contributed by atoms with Crippen molar-refractivity contribution in [3.63, 3.8) is 0 Å². The topological polar surface area (TPSA) is 56.4 Å². The molecule has 1 aliphatic rings. The summed E-state index contributed by atoms with van der Waals surface area (Å²) in [5.41, 5.74) is 3.22. The average molecular weight is 360 g/mol. The lowest BCUT2D eigenvalue weighted by molar-refractivity contribution is 0.0718. The Labute approximate surface area is 152 Å². The molecule has 1 aromatic heterocycles. The van der Waals surface area contributed by atoms with Gasteiger partial charge in [-0.3, -0.25) is 9.59 Å². The van der Waals surface area contributed by atoms with Crippen LogP contribution < -0.4 is 0 Å². The van der Waals surface area contributed by atoms with Gasteiger partial charge in [-0.05, 0) is 50.6 Å². The van der Waals surface area contributed by atoms with E-state index in [0.717, 1.165) is 23.4 Å². The van der Waals surface area contributed by atoms with Gasteiger partial charge < -0.3 is 14.8 Å². The van der Waals surface area contributed by atoms with Gasteiger partial charge in [0.05, 0.1) is 5.56 Å². The number of rotatable bonds is 2. The van der Waals surface area contributed by atoms with Crippen LogP contribution in [0.3, 0.4) is 0 Å². The number of hydrogen-bond acceptors (Lipinski definition) is 2. The quantitative estimate of drug-likeness (QED) is 0.894. The predicted octanol–water partition coefficient (Wildman–Crippen LogP) is 3.27. The molecule has 5 nitrogen and oxygen atoms in total. The van der Waals surface area contributed by atoms with Crippen molar-refractivity contribution in [2.45, 2.75) is 20.3 Å². The van der Waals surface area contributed by atoms with Gasteiger partial charge in [0.1, 0.15) is 0 Å². The summed E-state index contributed by atoms with van der Waals surface area (Å²) in [5, 5.41) is 0.612. The van der Waals surface area contributed by atoms with Crippen LogP contribution in [0.25, 0.3) is 0 Å². The summed E-state index contributed by atoms with van der Waals surface area (Å²) in [7, 11) is 0. The molecular formula is C19H22ClN3O2. The van der Waals surface area contributed by atoms with E-state index in [9.17, 15) is 9.59 Å². The Morgan fingerprint density at radius 1 is 0.960 bits per heavy atom. The number of aromatic amines is 1. The molecule has 1 aliphatic heterocycles. The molecule has 2 aromatic rings. The van der Waals surface area contributed by atoms with E-state index < -0.39 is 0 Å². The Balaban J connectivity index is 1.68. The van der Waals surface area contributed by atoms with E-state index in [0.29, 0.717) is 36.8 Å². The first-order valence-corrected chi connectivity index (χ1v) is 8.84. The molecule has 25 heavy (non-hydrogen) atoms. The molecule has 0 aliphatic carbocycles. The van der Waals surface area contributed by atoms with E-state index in [-0.39, 0.29) is 11.8 Å². The van der Waals surface area contributed by atoms with Crippen LogP contribution >= 0.6 is 11.6 Å².